The van der Waals surface area contributed by atoms with E-state index in [4.69, 9.17) is 8.83 Å². The summed E-state index contributed by atoms with van der Waals surface area (Å²) in [6.45, 7) is 2.14. The number of benzene rings is 1. The maximum atomic E-state index is 13.8. The van der Waals surface area contributed by atoms with Crippen LogP contribution in [-0.2, 0) is 10.2 Å². The number of halogens is 5. The number of rotatable bonds is 7. The summed E-state index contributed by atoms with van der Waals surface area (Å²) in [5, 5.41) is 10.0. The van der Waals surface area contributed by atoms with Gasteiger partial charge >= 0.3 is 6.18 Å². The normalized spacial score (nSPS) is 29.5. The molecule has 2 aromatic heterocycles. The molecule has 3 aromatic rings. The number of hydrogen-bond acceptors (Lipinski definition) is 6. The van der Waals surface area contributed by atoms with Gasteiger partial charge in [0.1, 0.15) is 17.7 Å². The molecule has 7 rings (SSSR count). The van der Waals surface area contributed by atoms with Gasteiger partial charge < -0.3 is 18.8 Å². The first-order valence-corrected chi connectivity index (χ1v) is 13.7. The number of nitrogens with zero attached hydrogens (tertiary/aromatic N) is 3. The number of alkyl halides is 5. The quantitative estimate of drug-likeness (QED) is 0.306. The van der Waals surface area contributed by atoms with Crippen molar-refractivity contribution in [2.45, 2.75) is 81.9 Å². The molecule has 12 heteroatoms. The third-order valence-corrected chi connectivity index (χ3v) is 9.43. The molecule has 0 unspecified atom stereocenters. The Morgan fingerprint density at radius 2 is 1.83 bits per heavy atom. The van der Waals surface area contributed by atoms with Crippen molar-refractivity contribution in [2.75, 3.05) is 11.4 Å². The molecule has 0 atom stereocenters. The summed E-state index contributed by atoms with van der Waals surface area (Å²) in [6, 6.07) is 6.47. The van der Waals surface area contributed by atoms with E-state index in [2.05, 4.69) is 9.97 Å². The molecule has 7 nitrogen and oxygen atoms in total. The van der Waals surface area contributed by atoms with Crippen LogP contribution in [0.3, 0.4) is 0 Å². The van der Waals surface area contributed by atoms with Gasteiger partial charge in [-0.2, -0.15) is 13.2 Å². The second kappa shape index (κ2) is 9.64. The van der Waals surface area contributed by atoms with Gasteiger partial charge in [-0.1, -0.05) is 6.07 Å². The van der Waals surface area contributed by atoms with E-state index in [1.54, 1.807) is 30.5 Å². The van der Waals surface area contributed by atoms with Crippen LogP contribution in [0.5, 0.6) is 0 Å². The molecule has 0 aliphatic heterocycles. The fraction of sp³-hybridized carbons (Fsp3) is 0.552. The van der Waals surface area contributed by atoms with E-state index in [1.165, 1.54) is 4.90 Å². The number of amides is 1. The lowest BCUT2D eigenvalue weighted by atomic mass is 9.53. The molecule has 1 amide bonds. The van der Waals surface area contributed by atoms with Crippen molar-refractivity contribution in [3.8, 4) is 11.5 Å². The van der Waals surface area contributed by atoms with Gasteiger partial charge in [0.25, 0.3) is 6.43 Å². The first kappa shape index (κ1) is 27.9. The Bertz CT molecular complexity index is 1420. The summed E-state index contributed by atoms with van der Waals surface area (Å²) in [5.41, 5.74) is -3.05. The Morgan fingerprint density at radius 3 is 2.39 bits per heavy atom. The number of fused-ring (bicyclic) bond motifs is 3. The highest BCUT2D eigenvalue weighted by Gasteiger charge is 2.63. The zero-order valence-electron chi connectivity index (χ0n) is 22.4. The number of aryl methyl sites for hydroxylation is 1. The van der Waals surface area contributed by atoms with E-state index in [0.29, 0.717) is 11.3 Å². The van der Waals surface area contributed by atoms with Crippen LogP contribution in [0.15, 0.2) is 45.6 Å². The van der Waals surface area contributed by atoms with E-state index in [1.807, 2.05) is 6.92 Å². The maximum Gasteiger partial charge on any atom is 0.417 e. The summed E-state index contributed by atoms with van der Waals surface area (Å²) >= 11 is 0. The molecule has 41 heavy (non-hydrogen) atoms. The Labute approximate surface area is 232 Å². The Kier molecular flexibility index (Phi) is 6.55. The number of carbonyl (C=O) groups excluding carboxylic acids is 1. The average molecular weight is 580 g/mol. The topological polar surface area (TPSA) is 92.6 Å². The summed E-state index contributed by atoms with van der Waals surface area (Å²) in [6.07, 6.45) is -1.66. The molecule has 4 saturated carbocycles. The standard InChI is InChI=1S/C29H30F5N3O4/c1-17-14-35-25(41-17)27-8-5-26(6-9-27,7-10-27)16-37(24(38)19-12-28(39,13-19)29(32,33)34)20-4-2-3-18(11-20)23-36-21(15-40-23)22(30)31/h2-4,11,14-15,19,22,39H,5-10,12-13,16H2,1H3. The molecule has 4 aliphatic rings. The molecule has 220 valence electrons. The fourth-order valence-electron chi connectivity index (χ4n) is 6.76. The highest BCUT2D eigenvalue weighted by atomic mass is 19.4. The van der Waals surface area contributed by atoms with Crippen LogP contribution in [-0.4, -0.2) is 39.3 Å². The molecule has 0 radical (unpaired) electrons. The van der Waals surface area contributed by atoms with Crippen molar-refractivity contribution >= 4 is 11.6 Å². The van der Waals surface area contributed by atoms with E-state index in [-0.39, 0.29) is 23.3 Å². The molecule has 2 heterocycles. The smallest absolute Gasteiger partial charge is 0.417 e. The molecule has 0 saturated heterocycles. The molecular formula is C29H30F5N3O4. The fourth-order valence-corrected chi connectivity index (χ4v) is 6.76. The minimum absolute atomic E-state index is 0.0517. The number of carbonyl (C=O) groups is 1. The Balaban J connectivity index is 1.28. The van der Waals surface area contributed by atoms with Crippen LogP contribution in [0.1, 0.15) is 75.1 Å². The zero-order valence-corrected chi connectivity index (χ0v) is 22.4. The van der Waals surface area contributed by atoms with Crippen LogP contribution >= 0.6 is 0 Å². The van der Waals surface area contributed by atoms with Crippen molar-refractivity contribution in [3.63, 3.8) is 0 Å². The van der Waals surface area contributed by atoms with Gasteiger partial charge in [0.2, 0.25) is 17.7 Å². The lowest BCUT2D eigenvalue weighted by molar-refractivity contribution is -0.295. The molecule has 2 bridgehead atoms. The number of oxazole rings is 2. The molecule has 4 aliphatic carbocycles. The third kappa shape index (κ3) is 4.83. The Morgan fingerprint density at radius 1 is 1.15 bits per heavy atom. The van der Waals surface area contributed by atoms with E-state index >= 15 is 0 Å². The van der Waals surface area contributed by atoms with Gasteiger partial charge in [-0.05, 0) is 81.9 Å². The van der Waals surface area contributed by atoms with Gasteiger partial charge in [0.15, 0.2) is 5.60 Å². The Hall–Kier alpha value is -3.28. The molecule has 1 N–H and O–H groups in total. The summed E-state index contributed by atoms with van der Waals surface area (Å²) in [4.78, 5) is 23.6. The third-order valence-electron chi connectivity index (χ3n) is 9.43. The van der Waals surface area contributed by atoms with E-state index in [9.17, 15) is 31.9 Å². The van der Waals surface area contributed by atoms with Gasteiger partial charge in [0, 0.05) is 29.1 Å². The first-order valence-electron chi connectivity index (χ1n) is 13.7. The molecule has 0 spiro atoms. The molecular weight excluding hydrogens is 549 g/mol. The summed E-state index contributed by atoms with van der Waals surface area (Å²) in [5.74, 6) is -0.0742. The number of aliphatic hydroxyl groups is 1. The molecule has 1 aromatic carbocycles. The van der Waals surface area contributed by atoms with Crippen LogP contribution in [0.4, 0.5) is 27.6 Å². The van der Waals surface area contributed by atoms with E-state index < -0.39 is 48.6 Å². The van der Waals surface area contributed by atoms with Crippen molar-refractivity contribution in [2.24, 2.45) is 11.3 Å². The second-order valence-corrected chi connectivity index (χ2v) is 12.0. The van der Waals surface area contributed by atoms with Gasteiger partial charge in [0.05, 0.1) is 6.20 Å². The SMILES string of the molecule is Cc1cnc(C23CCC(CN(C(=O)C4CC(O)(C(F)(F)F)C4)c4cccc(-c5nc(C(F)F)co5)c4)(CC2)CC3)o1. The predicted molar refractivity (Wildman–Crippen MR) is 136 cm³/mol. The number of aromatic nitrogens is 2. The van der Waals surface area contributed by atoms with E-state index in [0.717, 1.165) is 56.4 Å². The van der Waals surface area contributed by atoms with Gasteiger partial charge in [-0.15, -0.1) is 0 Å². The van der Waals surface area contributed by atoms with Crippen LogP contribution in [0, 0.1) is 18.3 Å². The van der Waals surface area contributed by atoms with Crippen molar-refractivity contribution < 1.29 is 40.7 Å². The van der Waals surface area contributed by atoms with Crippen molar-refractivity contribution in [3.05, 3.63) is 54.1 Å². The monoisotopic (exact) mass is 579 g/mol. The molecule has 4 fully saturated rings. The maximum absolute atomic E-state index is 13.8. The lowest BCUT2D eigenvalue weighted by Gasteiger charge is -2.54. The number of hydrogen-bond donors (Lipinski definition) is 1. The van der Waals surface area contributed by atoms with Crippen LogP contribution in [0.25, 0.3) is 11.5 Å². The predicted octanol–water partition coefficient (Wildman–Crippen LogP) is 6.90. The van der Waals surface area contributed by atoms with Crippen molar-refractivity contribution in [1.29, 1.82) is 0 Å². The zero-order chi connectivity index (χ0) is 29.2. The minimum Gasteiger partial charge on any atom is -0.445 e. The summed E-state index contributed by atoms with van der Waals surface area (Å²) < 4.78 is 77.4. The average Bonchev–Trinajstić information content (AvgIpc) is 3.60. The van der Waals surface area contributed by atoms with Gasteiger partial charge in [-0.25, -0.2) is 18.7 Å². The highest BCUT2D eigenvalue weighted by molar-refractivity contribution is 5.96. The lowest BCUT2D eigenvalue weighted by Crippen LogP contribution is -2.60. The largest absolute Gasteiger partial charge is 0.445 e. The van der Waals surface area contributed by atoms with Gasteiger partial charge in [-0.3, -0.25) is 4.79 Å². The number of anilines is 1. The van der Waals surface area contributed by atoms with Crippen LogP contribution in [0.2, 0.25) is 0 Å². The summed E-state index contributed by atoms with van der Waals surface area (Å²) in [7, 11) is 0. The van der Waals surface area contributed by atoms with Crippen molar-refractivity contribution in [1.82, 2.24) is 9.97 Å². The highest BCUT2D eigenvalue weighted by Crippen LogP contribution is 2.58. The van der Waals surface area contributed by atoms with Crippen LogP contribution < -0.4 is 4.90 Å². The first-order chi connectivity index (χ1) is 19.3. The second-order valence-electron chi connectivity index (χ2n) is 12.0. The minimum atomic E-state index is -4.82.